The average molecular weight is 492 g/mol. The maximum absolute atomic E-state index is 6.73. The van der Waals surface area contributed by atoms with Crippen LogP contribution in [0, 0.1) is 0 Å². The van der Waals surface area contributed by atoms with Crippen molar-refractivity contribution in [1.29, 1.82) is 0 Å². The molecule has 1 radical (unpaired) electrons. The Morgan fingerprint density at radius 3 is 2.19 bits per heavy atom. The first-order valence-electron chi connectivity index (χ1n) is 13.0. The minimum absolute atomic E-state index is 0.0365. The molecule has 3 aromatic carbocycles. The first-order valence-corrected chi connectivity index (χ1v) is 13.3. The molecule has 0 saturated carbocycles. The van der Waals surface area contributed by atoms with Crippen molar-refractivity contribution in [2.24, 2.45) is 0 Å². The van der Waals surface area contributed by atoms with Gasteiger partial charge >= 0.3 is 0 Å². The lowest BCUT2D eigenvalue weighted by Crippen LogP contribution is -2.31. The van der Waals surface area contributed by atoms with Crippen LogP contribution in [-0.4, -0.2) is 0 Å². The van der Waals surface area contributed by atoms with Gasteiger partial charge in [0, 0.05) is 10.6 Å². The summed E-state index contributed by atoms with van der Waals surface area (Å²) in [7, 11) is 0. The highest BCUT2D eigenvalue weighted by atomic mass is 35.5. The molecule has 0 nitrogen and oxygen atoms in total. The van der Waals surface area contributed by atoms with E-state index in [1.807, 2.05) is 12.1 Å². The fourth-order valence-corrected chi connectivity index (χ4v) is 5.90. The van der Waals surface area contributed by atoms with Gasteiger partial charge in [-0.25, -0.2) is 0 Å². The lowest BCUT2D eigenvalue weighted by molar-refractivity contribution is 0.583. The van der Waals surface area contributed by atoms with Gasteiger partial charge in [0.15, 0.2) is 0 Å². The lowest BCUT2D eigenvalue weighted by atomic mass is 9.76. The molecule has 1 heteroatoms. The second kappa shape index (κ2) is 8.63. The Kier molecular flexibility index (Phi) is 5.96. The van der Waals surface area contributed by atoms with Crippen molar-refractivity contribution in [2.75, 3.05) is 0 Å². The predicted molar refractivity (Wildman–Crippen MR) is 158 cm³/mol. The van der Waals surface area contributed by atoms with Gasteiger partial charge in [0.2, 0.25) is 0 Å². The van der Waals surface area contributed by atoms with Gasteiger partial charge in [-0.05, 0) is 110 Å². The van der Waals surface area contributed by atoms with E-state index in [2.05, 4.69) is 110 Å². The SMILES string of the molecule is CC(C)=c1cc2c(c(C3=C(c4ccccc4Cl)C=CC3)c1C(C)(C)C)=[C]c1cc(C(C)(C)C)ccc1-2. The molecule has 0 aliphatic heterocycles. The molecule has 5 rings (SSSR count). The van der Waals surface area contributed by atoms with E-state index < -0.39 is 0 Å². The van der Waals surface area contributed by atoms with Crippen LogP contribution in [0.1, 0.15) is 89.6 Å². The van der Waals surface area contributed by atoms with Gasteiger partial charge in [-0.15, -0.1) is 0 Å². The standard InChI is InChI=1S/C35H36Cl/c1-21(2)28-20-29-24-17-16-23(34(3,4)5)18-22(24)19-30(29)32(33(28)35(6,7)8)27-14-11-13-25(27)26-12-9-10-15-31(26)36/h9-13,15-18,20H,14H2,1-8H3. The Labute approximate surface area is 221 Å². The van der Waals surface area contributed by atoms with E-state index in [-0.39, 0.29) is 10.8 Å². The summed E-state index contributed by atoms with van der Waals surface area (Å²) in [6, 6.07) is 17.6. The largest absolute Gasteiger partial charge is 0.0837 e. The molecule has 0 N–H and O–H groups in total. The third-order valence-electron chi connectivity index (χ3n) is 7.45. The summed E-state index contributed by atoms with van der Waals surface area (Å²) in [6.45, 7) is 18.3. The van der Waals surface area contributed by atoms with Crippen LogP contribution in [0.4, 0.5) is 0 Å². The highest BCUT2D eigenvalue weighted by Crippen LogP contribution is 2.41. The van der Waals surface area contributed by atoms with Crippen LogP contribution in [0.3, 0.4) is 0 Å². The van der Waals surface area contributed by atoms with Crippen LogP contribution in [0.25, 0.3) is 33.9 Å². The summed E-state index contributed by atoms with van der Waals surface area (Å²) in [6.07, 6.45) is 9.33. The zero-order valence-electron chi connectivity index (χ0n) is 22.9. The van der Waals surface area contributed by atoms with Crippen LogP contribution >= 0.6 is 11.6 Å². The molecule has 2 aliphatic rings. The van der Waals surface area contributed by atoms with Gasteiger partial charge in [-0.1, -0.05) is 101 Å². The van der Waals surface area contributed by atoms with Gasteiger partial charge < -0.3 is 0 Å². The van der Waals surface area contributed by atoms with E-state index in [9.17, 15) is 0 Å². The number of rotatable bonds is 2. The van der Waals surface area contributed by atoms with Gasteiger partial charge in [-0.2, -0.15) is 0 Å². The van der Waals surface area contributed by atoms with Crippen LogP contribution in [0.5, 0.6) is 0 Å². The number of hydrogen-bond donors (Lipinski definition) is 0. The van der Waals surface area contributed by atoms with E-state index in [4.69, 9.17) is 11.6 Å². The van der Waals surface area contributed by atoms with Crippen molar-refractivity contribution in [2.45, 2.75) is 72.6 Å². The molecule has 0 heterocycles. The quantitative estimate of drug-likeness (QED) is 0.263. The number of benzene rings is 3. The summed E-state index contributed by atoms with van der Waals surface area (Å²) < 4.78 is 0. The summed E-state index contributed by atoms with van der Waals surface area (Å²) in [4.78, 5) is 0. The second-order valence-electron chi connectivity index (χ2n) is 12.5. The molecule has 0 aromatic heterocycles. The fraction of sp³-hybridized carbons (Fsp3) is 0.314. The Bertz CT molecular complexity index is 1570. The van der Waals surface area contributed by atoms with Crippen molar-refractivity contribution in [3.8, 4) is 11.1 Å². The first-order chi connectivity index (χ1) is 16.9. The van der Waals surface area contributed by atoms with E-state index in [0.29, 0.717) is 0 Å². The smallest absolute Gasteiger partial charge is 0.0484 e. The fourth-order valence-electron chi connectivity index (χ4n) is 5.66. The Morgan fingerprint density at radius 1 is 0.833 bits per heavy atom. The molecule has 0 unspecified atom stereocenters. The Hall–Kier alpha value is -2.83. The predicted octanol–water partition coefficient (Wildman–Crippen LogP) is 8.68. The average Bonchev–Trinajstić information content (AvgIpc) is 3.41. The zero-order valence-corrected chi connectivity index (χ0v) is 23.6. The number of halogens is 1. The van der Waals surface area contributed by atoms with Gasteiger partial charge in [0.25, 0.3) is 0 Å². The third kappa shape index (κ3) is 4.10. The highest BCUT2D eigenvalue weighted by molar-refractivity contribution is 6.33. The van der Waals surface area contributed by atoms with E-state index in [1.165, 1.54) is 60.5 Å². The van der Waals surface area contributed by atoms with E-state index in [1.54, 1.807) is 0 Å². The highest BCUT2D eigenvalue weighted by Gasteiger charge is 2.29. The molecule has 183 valence electrons. The Balaban J connectivity index is 1.94. The van der Waals surface area contributed by atoms with Crippen LogP contribution in [0.2, 0.25) is 5.02 Å². The molecule has 2 aliphatic carbocycles. The topological polar surface area (TPSA) is 0 Å². The molecule has 0 atom stereocenters. The van der Waals surface area contributed by atoms with Crippen molar-refractivity contribution in [1.82, 2.24) is 0 Å². The van der Waals surface area contributed by atoms with Crippen molar-refractivity contribution in [3.05, 3.63) is 104 Å². The Morgan fingerprint density at radius 2 is 1.56 bits per heavy atom. The van der Waals surface area contributed by atoms with E-state index in [0.717, 1.165) is 17.0 Å². The second-order valence-corrected chi connectivity index (χ2v) is 12.9. The van der Waals surface area contributed by atoms with Gasteiger partial charge in [0.05, 0.1) is 0 Å². The molecule has 3 aromatic rings. The molecule has 0 amide bonds. The summed E-state index contributed by atoms with van der Waals surface area (Å²) >= 11 is 6.73. The maximum Gasteiger partial charge on any atom is 0.0484 e. The molecule has 0 bridgehead atoms. The maximum atomic E-state index is 6.73. The minimum atomic E-state index is -0.0365. The first kappa shape index (κ1) is 24.8. The number of allylic oxidation sites excluding steroid dienone is 4. The summed E-state index contributed by atoms with van der Waals surface area (Å²) in [5.41, 5.74) is 13.0. The monoisotopic (exact) mass is 491 g/mol. The molecular formula is C35H36Cl. The molecule has 0 saturated heterocycles. The van der Waals surface area contributed by atoms with Crippen molar-refractivity contribution >= 4 is 34.4 Å². The molecule has 36 heavy (non-hydrogen) atoms. The van der Waals surface area contributed by atoms with E-state index >= 15 is 0 Å². The van der Waals surface area contributed by atoms with Gasteiger partial charge in [0.1, 0.15) is 0 Å². The lowest BCUT2D eigenvalue weighted by Gasteiger charge is -2.27. The molecular weight excluding hydrogens is 456 g/mol. The number of fused-ring (bicyclic) bond motifs is 3. The molecule has 0 spiro atoms. The third-order valence-corrected chi connectivity index (χ3v) is 7.78. The van der Waals surface area contributed by atoms with Crippen molar-refractivity contribution < 1.29 is 0 Å². The minimum Gasteiger partial charge on any atom is -0.0837 e. The van der Waals surface area contributed by atoms with Crippen molar-refractivity contribution in [3.63, 3.8) is 0 Å². The van der Waals surface area contributed by atoms with Gasteiger partial charge in [-0.3, -0.25) is 0 Å². The van der Waals surface area contributed by atoms with Crippen LogP contribution in [0.15, 0.2) is 60.7 Å². The van der Waals surface area contributed by atoms with Crippen LogP contribution < -0.4 is 10.4 Å². The summed E-state index contributed by atoms with van der Waals surface area (Å²) in [5.74, 6) is 0. The molecule has 0 fully saturated rings. The summed E-state index contributed by atoms with van der Waals surface area (Å²) in [5, 5.41) is 3.38. The van der Waals surface area contributed by atoms with Crippen LogP contribution in [-0.2, 0) is 10.8 Å². The number of hydrogen-bond acceptors (Lipinski definition) is 0. The zero-order chi connectivity index (χ0) is 26.0. The normalized spacial score (nSPS) is 14.7.